The van der Waals surface area contributed by atoms with Gasteiger partial charge in [-0.25, -0.2) is 9.78 Å². The average molecular weight is 489 g/mol. The zero-order valence-electron chi connectivity index (χ0n) is 21.0. The lowest BCUT2D eigenvalue weighted by atomic mass is 9.90. The van der Waals surface area contributed by atoms with Gasteiger partial charge in [-0.2, -0.15) is 0 Å². The molecule has 2 aromatic rings. The van der Waals surface area contributed by atoms with E-state index in [-0.39, 0.29) is 23.7 Å². The molecule has 0 unspecified atom stereocenters. The number of esters is 1. The van der Waals surface area contributed by atoms with E-state index in [1.54, 1.807) is 27.0 Å². The lowest BCUT2D eigenvalue weighted by Gasteiger charge is -2.24. The number of thiazole rings is 1. The molecule has 1 aliphatic rings. The van der Waals surface area contributed by atoms with Gasteiger partial charge in [-0.15, -0.1) is 0 Å². The van der Waals surface area contributed by atoms with Gasteiger partial charge in [0.15, 0.2) is 10.9 Å². The number of carbonyl (C=O) groups excluding carboxylic acids is 3. The molecular weight excluding hydrogens is 454 g/mol. The van der Waals surface area contributed by atoms with Crippen LogP contribution < -0.4 is 5.32 Å². The molecule has 2 amide bonds. The molecule has 0 aromatic carbocycles. The Morgan fingerprint density at radius 3 is 2.62 bits per heavy atom. The van der Waals surface area contributed by atoms with Crippen molar-refractivity contribution in [2.75, 3.05) is 11.9 Å². The minimum Gasteiger partial charge on any atom is -0.460 e. The number of urea groups is 1. The first-order valence-corrected chi connectivity index (χ1v) is 12.3. The number of pyridine rings is 1. The molecule has 0 spiro atoms. The van der Waals surface area contributed by atoms with E-state index in [2.05, 4.69) is 42.1 Å². The maximum atomic E-state index is 13.0. The van der Waals surface area contributed by atoms with Crippen molar-refractivity contribution in [3.8, 4) is 10.4 Å². The zero-order chi connectivity index (χ0) is 25.3. The van der Waals surface area contributed by atoms with Crippen LogP contribution in [0.15, 0.2) is 18.3 Å². The van der Waals surface area contributed by atoms with Crippen molar-refractivity contribution in [2.24, 2.45) is 0 Å². The van der Waals surface area contributed by atoms with Crippen LogP contribution in [-0.2, 0) is 19.7 Å². The second-order valence-electron chi connectivity index (χ2n) is 10.6. The molecule has 0 aliphatic carbocycles. The summed E-state index contributed by atoms with van der Waals surface area (Å²) in [5, 5.41) is 3.32. The van der Waals surface area contributed by atoms with Crippen molar-refractivity contribution in [3.63, 3.8) is 0 Å². The van der Waals surface area contributed by atoms with E-state index >= 15 is 0 Å². The summed E-state index contributed by atoms with van der Waals surface area (Å²) in [6.07, 6.45) is 2.68. The summed E-state index contributed by atoms with van der Waals surface area (Å²) >= 11 is 1.39. The number of anilines is 1. The minimum atomic E-state index is -0.660. The molecule has 34 heavy (non-hydrogen) atoms. The molecule has 2 aromatic heterocycles. The number of nitrogens with one attached hydrogen (secondary N) is 1. The van der Waals surface area contributed by atoms with Crippen LogP contribution in [0.5, 0.6) is 0 Å². The van der Waals surface area contributed by atoms with Crippen molar-refractivity contribution >= 4 is 34.3 Å². The van der Waals surface area contributed by atoms with E-state index in [0.29, 0.717) is 24.5 Å². The molecule has 3 heterocycles. The van der Waals surface area contributed by atoms with Gasteiger partial charge in [0.25, 0.3) is 0 Å². The lowest BCUT2D eigenvalue weighted by Crippen LogP contribution is -2.43. The van der Waals surface area contributed by atoms with Crippen LogP contribution in [0, 0.1) is 6.92 Å². The Balaban J connectivity index is 1.70. The van der Waals surface area contributed by atoms with Crippen molar-refractivity contribution in [2.45, 2.75) is 84.8 Å². The third-order valence-electron chi connectivity index (χ3n) is 5.42. The van der Waals surface area contributed by atoms with Crippen LogP contribution in [0.4, 0.5) is 9.93 Å². The van der Waals surface area contributed by atoms with Crippen molar-refractivity contribution in [1.29, 1.82) is 0 Å². The Bertz CT molecular complexity index is 1080. The number of aromatic nitrogens is 2. The Morgan fingerprint density at radius 2 is 1.97 bits per heavy atom. The average Bonchev–Trinajstić information content (AvgIpc) is 3.32. The maximum Gasteiger partial charge on any atom is 0.324 e. The molecule has 0 bridgehead atoms. The summed E-state index contributed by atoms with van der Waals surface area (Å²) in [4.78, 5) is 49.3. The highest BCUT2D eigenvalue weighted by molar-refractivity contribution is 7.19. The van der Waals surface area contributed by atoms with Crippen LogP contribution in [-0.4, -0.2) is 50.8 Å². The van der Waals surface area contributed by atoms with E-state index in [0.717, 1.165) is 21.8 Å². The Morgan fingerprint density at radius 1 is 1.26 bits per heavy atom. The number of hydrogen-bond donors (Lipinski definition) is 1. The molecule has 9 heteroatoms. The molecule has 1 atom stereocenters. The topological polar surface area (TPSA) is 101 Å². The number of aryl methyl sites for hydroxylation is 1. The standard InChI is InChI=1S/C25H34N4O4S/c1-15-21(16-10-11-26-19(13-16)24(2,3)4)34-22(27-15)28-23(32)29-12-8-9-17(29)18(30)14-20(31)33-25(5,6)7/h10-11,13,17H,8-9,12,14H2,1-7H3,(H,27,28,32)/t17-/m0/s1/i30+2. The summed E-state index contributed by atoms with van der Waals surface area (Å²) in [6.45, 7) is 14.0. The highest BCUT2D eigenvalue weighted by Gasteiger charge is 2.36. The highest BCUT2D eigenvalue weighted by atomic mass is 32.1. The molecule has 0 radical (unpaired) electrons. The van der Waals surface area contributed by atoms with Gasteiger partial charge in [0.05, 0.1) is 16.6 Å². The summed E-state index contributed by atoms with van der Waals surface area (Å²) in [6, 6.07) is 2.97. The second kappa shape index (κ2) is 9.82. The predicted molar refractivity (Wildman–Crippen MR) is 133 cm³/mol. The van der Waals surface area contributed by atoms with Gasteiger partial charge in [-0.3, -0.25) is 19.9 Å². The largest absolute Gasteiger partial charge is 0.460 e. The van der Waals surface area contributed by atoms with E-state index in [1.165, 1.54) is 16.2 Å². The Labute approximate surface area is 205 Å². The molecule has 184 valence electrons. The third kappa shape index (κ3) is 6.40. The summed E-state index contributed by atoms with van der Waals surface area (Å²) in [7, 11) is 0. The third-order valence-corrected chi connectivity index (χ3v) is 6.55. The monoisotopic (exact) mass is 488 g/mol. The van der Waals surface area contributed by atoms with Crippen LogP contribution in [0.25, 0.3) is 10.4 Å². The molecule has 8 nitrogen and oxygen atoms in total. The van der Waals surface area contributed by atoms with Gasteiger partial charge in [0, 0.05) is 23.9 Å². The van der Waals surface area contributed by atoms with Crippen molar-refractivity contribution in [3.05, 3.63) is 29.7 Å². The number of likely N-dealkylation sites (tertiary alicyclic amines) is 1. The quantitative estimate of drug-likeness (QED) is 0.357. The van der Waals surface area contributed by atoms with Gasteiger partial charge in [0.1, 0.15) is 12.0 Å². The van der Waals surface area contributed by atoms with Gasteiger partial charge < -0.3 is 9.64 Å². The Kier molecular flexibility index (Phi) is 7.45. The molecule has 3 rings (SSSR count). The predicted octanol–water partition coefficient (Wildman–Crippen LogP) is 5.11. The highest BCUT2D eigenvalue weighted by Crippen LogP contribution is 2.34. The summed E-state index contributed by atoms with van der Waals surface area (Å²) in [5.41, 5.74) is 2.05. The van der Waals surface area contributed by atoms with E-state index in [1.807, 2.05) is 13.0 Å². The number of rotatable bonds is 5. The molecule has 0 saturated carbocycles. The van der Waals surface area contributed by atoms with Crippen molar-refractivity contribution < 1.29 is 19.1 Å². The maximum absolute atomic E-state index is 13.0. The van der Waals surface area contributed by atoms with Crippen LogP contribution in [0.2, 0.25) is 0 Å². The summed E-state index contributed by atoms with van der Waals surface area (Å²) < 4.78 is 5.25. The molecule has 1 fully saturated rings. The number of ether oxygens (including phenoxy) is 1. The van der Waals surface area contributed by atoms with Gasteiger partial charge in [-0.05, 0) is 58.2 Å². The number of hydrogen-bond acceptors (Lipinski definition) is 7. The molecule has 1 N–H and O–H groups in total. The molecule has 1 saturated heterocycles. The first-order valence-electron chi connectivity index (χ1n) is 11.5. The normalized spacial score (nSPS) is 16.4. The number of Topliss-reactive ketones (excluding diaryl/α,β-unsaturated/α-hetero) is 1. The van der Waals surface area contributed by atoms with E-state index in [4.69, 9.17) is 4.74 Å². The second-order valence-corrected chi connectivity index (χ2v) is 11.6. The molecule has 1 aliphatic heterocycles. The fourth-order valence-electron chi connectivity index (χ4n) is 3.85. The fourth-order valence-corrected chi connectivity index (χ4v) is 4.80. The molecular formula is C25H34N4O4S. The van der Waals surface area contributed by atoms with Crippen LogP contribution in [0.1, 0.15) is 72.2 Å². The number of amides is 2. The van der Waals surface area contributed by atoms with Gasteiger partial charge >= 0.3 is 12.0 Å². The first-order chi connectivity index (χ1) is 15.7. The number of carbonyl (C=O) groups is 3. The van der Waals surface area contributed by atoms with Crippen LogP contribution >= 0.6 is 11.3 Å². The summed E-state index contributed by atoms with van der Waals surface area (Å²) in [5.74, 6) is -0.874. The Hall–Kier alpha value is -2.81. The van der Waals surface area contributed by atoms with E-state index < -0.39 is 17.6 Å². The van der Waals surface area contributed by atoms with Gasteiger partial charge in [0.2, 0.25) is 0 Å². The lowest BCUT2D eigenvalue weighted by molar-refractivity contribution is -0.156. The fraction of sp³-hybridized carbons (Fsp3) is 0.560. The van der Waals surface area contributed by atoms with E-state index in [9.17, 15) is 14.4 Å². The number of nitrogens with zero attached hydrogens (tertiary/aromatic N) is 3. The minimum absolute atomic E-state index is 0.0811. The van der Waals surface area contributed by atoms with Gasteiger partial charge in [-0.1, -0.05) is 32.1 Å². The first kappa shape index (κ1) is 25.8. The smallest absolute Gasteiger partial charge is 0.324 e. The SMILES string of the molecule is Cc1nc(NC(=O)N2CCC[C@H]2C(=[18O])CC(=O)OC(C)(C)C)sc1-c1ccnc(C(C)(C)C)c1. The van der Waals surface area contributed by atoms with Crippen LogP contribution in [0.3, 0.4) is 0 Å². The van der Waals surface area contributed by atoms with Crippen molar-refractivity contribution in [1.82, 2.24) is 14.9 Å². The zero-order valence-corrected chi connectivity index (χ0v) is 21.8. The number of ketones is 1.